The van der Waals surface area contributed by atoms with Crippen molar-refractivity contribution in [3.63, 3.8) is 0 Å². The van der Waals surface area contributed by atoms with Gasteiger partial charge in [-0.25, -0.2) is 0 Å². The van der Waals surface area contributed by atoms with Gasteiger partial charge in [0.25, 0.3) is 0 Å². The van der Waals surface area contributed by atoms with Gasteiger partial charge in [0.15, 0.2) is 11.8 Å². The van der Waals surface area contributed by atoms with E-state index in [0.29, 0.717) is 13.1 Å². The Labute approximate surface area is 130 Å². The minimum Gasteiger partial charge on any atom is -0.353 e. The number of hydrogen-bond donors (Lipinski definition) is 2. The van der Waals surface area contributed by atoms with Crippen LogP contribution in [0.15, 0.2) is 17.6 Å². The summed E-state index contributed by atoms with van der Waals surface area (Å²) in [6, 6.07) is 0. The van der Waals surface area contributed by atoms with E-state index in [4.69, 9.17) is 0 Å². The first-order chi connectivity index (χ1) is 8.85. The molecule has 0 amide bonds. The molecule has 7 heteroatoms. The molecular weight excluding hydrogens is 355 g/mol. The molecule has 19 heavy (non-hydrogen) atoms. The Morgan fingerprint density at radius 1 is 1.42 bits per heavy atom. The van der Waals surface area contributed by atoms with Gasteiger partial charge < -0.3 is 15.2 Å². The first-order valence-electron chi connectivity index (χ1n) is 6.31. The summed E-state index contributed by atoms with van der Waals surface area (Å²) < 4.78 is 2.21. The topological polar surface area (TPSA) is 67.1 Å². The van der Waals surface area contributed by atoms with E-state index in [1.807, 2.05) is 0 Å². The first kappa shape index (κ1) is 15.9. The average Bonchev–Trinajstić information content (AvgIpc) is 2.82. The van der Waals surface area contributed by atoms with Crippen molar-refractivity contribution in [1.82, 2.24) is 25.4 Å². The van der Waals surface area contributed by atoms with Crippen LogP contribution < -0.4 is 10.6 Å². The van der Waals surface area contributed by atoms with E-state index in [0.717, 1.165) is 30.6 Å². The van der Waals surface area contributed by atoms with Crippen molar-refractivity contribution in [2.45, 2.75) is 32.4 Å². The van der Waals surface area contributed by atoms with Crippen LogP contribution in [0, 0.1) is 0 Å². The number of hydrogen-bond acceptors (Lipinski definition) is 3. The number of halogens is 1. The second kappa shape index (κ2) is 8.13. The van der Waals surface area contributed by atoms with Gasteiger partial charge in [0.2, 0.25) is 0 Å². The van der Waals surface area contributed by atoms with Crippen molar-refractivity contribution in [3.8, 4) is 0 Å². The van der Waals surface area contributed by atoms with Crippen LogP contribution in [0.3, 0.4) is 0 Å². The highest BCUT2D eigenvalue weighted by atomic mass is 127. The molecule has 0 spiro atoms. The molecule has 1 aromatic heterocycles. The highest BCUT2D eigenvalue weighted by Crippen LogP contribution is 2.13. The molecule has 1 aliphatic heterocycles. The van der Waals surface area contributed by atoms with E-state index < -0.39 is 0 Å². The van der Waals surface area contributed by atoms with E-state index in [9.17, 15) is 0 Å². The van der Waals surface area contributed by atoms with Gasteiger partial charge in [0.1, 0.15) is 5.82 Å². The predicted molar refractivity (Wildman–Crippen MR) is 86.8 cm³/mol. The quantitative estimate of drug-likeness (QED) is 0.357. The fourth-order valence-electron chi connectivity index (χ4n) is 2.05. The van der Waals surface area contributed by atoms with E-state index in [1.54, 1.807) is 13.1 Å². The van der Waals surface area contributed by atoms with Crippen molar-refractivity contribution in [2.75, 3.05) is 13.6 Å². The molecule has 0 bridgehead atoms. The molecule has 0 aliphatic carbocycles. The fourth-order valence-corrected chi connectivity index (χ4v) is 2.05. The average molecular weight is 376 g/mol. The maximum absolute atomic E-state index is 4.23. The summed E-state index contributed by atoms with van der Waals surface area (Å²) in [5.41, 5.74) is 0. The van der Waals surface area contributed by atoms with Crippen LogP contribution in [-0.4, -0.2) is 34.3 Å². The Bertz CT molecular complexity index is 439. The Morgan fingerprint density at radius 3 is 3.00 bits per heavy atom. The molecule has 0 radical (unpaired) electrons. The fraction of sp³-hybridized carbons (Fsp3) is 0.583. The molecule has 6 nitrogen and oxygen atoms in total. The number of fused-ring (bicyclic) bond motifs is 1. The number of aromatic nitrogens is 3. The van der Waals surface area contributed by atoms with Crippen LogP contribution in [0.25, 0.3) is 0 Å². The standard InChI is InChI=1S/C12H20N6.HI/c1-3-7-14-12(13-2)15-9-11-17-16-10-6-4-5-8-18(10)11;/h3H,1,4-9H2,2H3,(H2,13,14,15);1H. The Hall–Kier alpha value is -1.12. The summed E-state index contributed by atoms with van der Waals surface area (Å²) in [7, 11) is 1.75. The minimum atomic E-state index is 0. The van der Waals surface area contributed by atoms with E-state index in [-0.39, 0.29) is 24.0 Å². The van der Waals surface area contributed by atoms with Crippen molar-refractivity contribution in [2.24, 2.45) is 4.99 Å². The molecular formula is C12H21IN6. The second-order valence-electron chi connectivity index (χ2n) is 4.24. The second-order valence-corrected chi connectivity index (χ2v) is 4.24. The van der Waals surface area contributed by atoms with Crippen molar-refractivity contribution >= 4 is 29.9 Å². The Balaban J connectivity index is 0.00000180. The highest BCUT2D eigenvalue weighted by Gasteiger charge is 2.15. The largest absolute Gasteiger partial charge is 0.353 e. The monoisotopic (exact) mass is 376 g/mol. The normalized spacial score (nSPS) is 14.3. The van der Waals surface area contributed by atoms with Crippen LogP contribution in [0.1, 0.15) is 24.5 Å². The van der Waals surface area contributed by atoms with Gasteiger partial charge in [-0.15, -0.1) is 40.8 Å². The maximum Gasteiger partial charge on any atom is 0.191 e. The number of nitrogens with one attached hydrogen (secondary N) is 2. The zero-order chi connectivity index (χ0) is 12.8. The molecule has 2 heterocycles. The van der Waals surface area contributed by atoms with Crippen LogP contribution in [0.5, 0.6) is 0 Å². The third kappa shape index (κ3) is 4.19. The van der Waals surface area contributed by atoms with Gasteiger partial charge in [0.05, 0.1) is 6.54 Å². The molecule has 0 aromatic carbocycles. The summed E-state index contributed by atoms with van der Waals surface area (Å²) >= 11 is 0. The SMILES string of the molecule is C=CCNC(=NC)NCc1nnc2n1CCCC2.I. The Morgan fingerprint density at radius 2 is 2.26 bits per heavy atom. The van der Waals surface area contributed by atoms with E-state index in [1.165, 1.54) is 12.8 Å². The lowest BCUT2D eigenvalue weighted by atomic mass is 10.2. The zero-order valence-electron chi connectivity index (χ0n) is 11.2. The van der Waals surface area contributed by atoms with Gasteiger partial charge in [-0.05, 0) is 12.8 Å². The molecule has 0 saturated heterocycles. The molecule has 0 atom stereocenters. The van der Waals surface area contributed by atoms with Gasteiger partial charge in [-0.3, -0.25) is 4.99 Å². The summed E-state index contributed by atoms with van der Waals surface area (Å²) in [5.74, 6) is 2.83. The first-order valence-corrected chi connectivity index (χ1v) is 6.31. The maximum atomic E-state index is 4.23. The molecule has 0 unspecified atom stereocenters. The summed E-state index contributed by atoms with van der Waals surface area (Å²) in [6.07, 6.45) is 5.26. The Kier molecular flexibility index (Phi) is 6.82. The van der Waals surface area contributed by atoms with Crippen LogP contribution in [-0.2, 0) is 19.5 Å². The minimum absolute atomic E-state index is 0. The number of guanidine groups is 1. The number of rotatable bonds is 4. The molecule has 2 rings (SSSR count). The lowest BCUT2D eigenvalue weighted by molar-refractivity contribution is 0.504. The lowest BCUT2D eigenvalue weighted by Gasteiger charge is -2.15. The van der Waals surface area contributed by atoms with Gasteiger partial charge in [-0.1, -0.05) is 6.08 Å². The van der Waals surface area contributed by atoms with Crippen molar-refractivity contribution in [3.05, 3.63) is 24.3 Å². The summed E-state index contributed by atoms with van der Waals surface area (Å²) in [5, 5.41) is 14.8. The molecule has 1 aliphatic rings. The van der Waals surface area contributed by atoms with Crippen LogP contribution in [0.2, 0.25) is 0 Å². The molecule has 0 saturated carbocycles. The molecule has 2 N–H and O–H groups in total. The number of aryl methyl sites for hydroxylation is 1. The zero-order valence-corrected chi connectivity index (χ0v) is 13.6. The molecule has 106 valence electrons. The van der Waals surface area contributed by atoms with Crippen LogP contribution in [0.4, 0.5) is 0 Å². The van der Waals surface area contributed by atoms with Crippen molar-refractivity contribution in [1.29, 1.82) is 0 Å². The highest BCUT2D eigenvalue weighted by molar-refractivity contribution is 14.0. The van der Waals surface area contributed by atoms with Crippen molar-refractivity contribution < 1.29 is 0 Å². The third-order valence-corrected chi connectivity index (χ3v) is 2.99. The molecule has 0 fully saturated rings. The van der Waals surface area contributed by atoms with Crippen LogP contribution >= 0.6 is 24.0 Å². The lowest BCUT2D eigenvalue weighted by Crippen LogP contribution is -2.37. The van der Waals surface area contributed by atoms with E-state index in [2.05, 4.69) is 37.0 Å². The van der Waals surface area contributed by atoms with Gasteiger partial charge >= 0.3 is 0 Å². The van der Waals surface area contributed by atoms with Gasteiger partial charge in [0, 0.05) is 26.6 Å². The molecule has 1 aromatic rings. The van der Waals surface area contributed by atoms with Gasteiger partial charge in [-0.2, -0.15) is 0 Å². The number of nitrogens with zero attached hydrogens (tertiary/aromatic N) is 4. The smallest absolute Gasteiger partial charge is 0.191 e. The predicted octanol–water partition coefficient (Wildman–Crippen LogP) is 1.08. The van der Waals surface area contributed by atoms with E-state index >= 15 is 0 Å². The number of aliphatic imine (C=N–C) groups is 1. The summed E-state index contributed by atoms with van der Waals surface area (Å²) in [4.78, 5) is 4.13. The summed E-state index contributed by atoms with van der Waals surface area (Å²) in [6.45, 7) is 6.02. The third-order valence-electron chi connectivity index (χ3n) is 2.99.